The predicted octanol–water partition coefficient (Wildman–Crippen LogP) is 1.39. The summed E-state index contributed by atoms with van der Waals surface area (Å²) in [4.78, 5) is 49.3. The van der Waals surface area contributed by atoms with Crippen LogP contribution in [0.3, 0.4) is 0 Å². The first kappa shape index (κ1) is 19.4. The third kappa shape index (κ3) is 4.19. The Morgan fingerprint density at radius 3 is 2.46 bits per heavy atom. The fourth-order valence-corrected chi connectivity index (χ4v) is 2.66. The van der Waals surface area contributed by atoms with E-state index in [-0.39, 0.29) is 0 Å². The quantitative estimate of drug-likeness (QED) is 0.526. The first-order valence-corrected chi connectivity index (χ1v) is 8.57. The van der Waals surface area contributed by atoms with E-state index in [9.17, 15) is 19.2 Å². The maximum absolute atomic E-state index is 12.7. The number of nitrogens with one attached hydrogen (secondary N) is 3. The van der Waals surface area contributed by atoms with Crippen LogP contribution in [0.1, 0.15) is 37.8 Å². The molecule has 0 spiro atoms. The van der Waals surface area contributed by atoms with E-state index in [0.29, 0.717) is 12.1 Å². The van der Waals surface area contributed by atoms with Crippen molar-refractivity contribution in [2.45, 2.75) is 39.2 Å². The Hall–Kier alpha value is -2.90. The van der Waals surface area contributed by atoms with Gasteiger partial charge < -0.3 is 10.6 Å². The fraction of sp³-hybridized carbons (Fsp3) is 0.444. The Labute approximate surface area is 152 Å². The molecule has 1 aliphatic rings. The molecule has 140 valence electrons. The van der Waals surface area contributed by atoms with Crippen LogP contribution in [0.15, 0.2) is 24.3 Å². The number of rotatable bonds is 6. The summed E-state index contributed by atoms with van der Waals surface area (Å²) in [7, 11) is 0. The molecule has 1 aromatic carbocycles. The molecular weight excluding hydrogens is 336 g/mol. The smallest absolute Gasteiger partial charge is 0.325 e. The monoisotopic (exact) mass is 360 g/mol. The first-order chi connectivity index (χ1) is 12.3. The summed E-state index contributed by atoms with van der Waals surface area (Å²) in [5.41, 5.74) is 0.412. The van der Waals surface area contributed by atoms with Crippen LogP contribution in [-0.2, 0) is 15.1 Å². The van der Waals surface area contributed by atoms with Crippen molar-refractivity contribution in [2.75, 3.05) is 13.1 Å². The number of imide groups is 2. The minimum Gasteiger partial charge on any atom is -0.338 e. The molecule has 0 radical (unpaired) electrons. The van der Waals surface area contributed by atoms with Crippen LogP contribution in [0.4, 0.5) is 9.59 Å². The van der Waals surface area contributed by atoms with Gasteiger partial charge in [0.25, 0.3) is 5.91 Å². The SMILES string of the molecule is CCCCNC(=O)NC(=O)CN1C(=O)N[C@@](C)(c2ccc(C)cc2)C1=O. The second kappa shape index (κ2) is 7.99. The molecule has 1 fully saturated rings. The van der Waals surface area contributed by atoms with E-state index >= 15 is 0 Å². The Balaban J connectivity index is 2.01. The number of unbranched alkanes of at least 4 members (excludes halogenated alkanes) is 1. The topological polar surface area (TPSA) is 108 Å². The maximum atomic E-state index is 12.7. The van der Waals surface area contributed by atoms with E-state index in [0.717, 1.165) is 23.3 Å². The van der Waals surface area contributed by atoms with Gasteiger partial charge in [0.2, 0.25) is 5.91 Å². The molecule has 26 heavy (non-hydrogen) atoms. The van der Waals surface area contributed by atoms with Crippen LogP contribution in [0.25, 0.3) is 0 Å². The van der Waals surface area contributed by atoms with Crippen molar-refractivity contribution in [3.63, 3.8) is 0 Å². The van der Waals surface area contributed by atoms with Crippen molar-refractivity contribution in [1.82, 2.24) is 20.9 Å². The Morgan fingerprint density at radius 2 is 1.85 bits per heavy atom. The summed E-state index contributed by atoms with van der Waals surface area (Å²) in [6, 6.07) is 5.90. The van der Waals surface area contributed by atoms with E-state index in [4.69, 9.17) is 0 Å². The molecule has 0 aromatic heterocycles. The number of hydrogen-bond donors (Lipinski definition) is 3. The van der Waals surface area contributed by atoms with Crippen molar-refractivity contribution >= 4 is 23.9 Å². The molecule has 2 rings (SSSR count). The molecule has 0 aliphatic carbocycles. The maximum Gasteiger partial charge on any atom is 0.325 e. The van der Waals surface area contributed by atoms with Gasteiger partial charge in [0.15, 0.2) is 0 Å². The van der Waals surface area contributed by atoms with Gasteiger partial charge in [-0.05, 0) is 25.8 Å². The molecule has 1 aromatic rings. The van der Waals surface area contributed by atoms with E-state index in [1.54, 1.807) is 19.1 Å². The van der Waals surface area contributed by atoms with Gasteiger partial charge in [-0.25, -0.2) is 9.59 Å². The number of benzene rings is 1. The van der Waals surface area contributed by atoms with E-state index in [2.05, 4.69) is 16.0 Å². The standard InChI is InChI=1S/C18H24N4O4/c1-4-5-10-19-16(25)20-14(23)11-22-15(24)18(3,21-17(22)26)13-8-6-12(2)7-9-13/h6-9H,4-5,10-11H2,1-3H3,(H,21,26)(H2,19,20,23,25)/t18-/m0/s1. The van der Waals surface area contributed by atoms with Gasteiger partial charge >= 0.3 is 12.1 Å². The fourth-order valence-electron chi connectivity index (χ4n) is 2.66. The van der Waals surface area contributed by atoms with Crippen LogP contribution >= 0.6 is 0 Å². The molecule has 1 atom stereocenters. The summed E-state index contributed by atoms with van der Waals surface area (Å²) < 4.78 is 0. The van der Waals surface area contributed by atoms with Gasteiger partial charge in [-0.1, -0.05) is 43.2 Å². The lowest BCUT2D eigenvalue weighted by Gasteiger charge is -2.22. The predicted molar refractivity (Wildman–Crippen MR) is 95.2 cm³/mol. The normalized spacial score (nSPS) is 19.3. The van der Waals surface area contributed by atoms with Gasteiger partial charge in [0.1, 0.15) is 12.1 Å². The van der Waals surface area contributed by atoms with Crippen molar-refractivity contribution in [3.8, 4) is 0 Å². The van der Waals surface area contributed by atoms with Gasteiger partial charge in [-0.3, -0.25) is 19.8 Å². The molecule has 0 saturated carbocycles. The minimum absolute atomic E-state index is 0.449. The zero-order valence-electron chi connectivity index (χ0n) is 15.2. The molecule has 1 saturated heterocycles. The molecule has 0 unspecified atom stereocenters. The molecule has 6 amide bonds. The van der Waals surface area contributed by atoms with Gasteiger partial charge in [0, 0.05) is 6.54 Å². The molecule has 8 nitrogen and oxygen atoms in total. The number of carbonyl (C=O) groups excluding carboxylic acids is 4. The van der Waals surface area contributed by atoms with Crippen molar-refractivity contribution in [1.29, 1.82) is 0 Å². The first-order valence-electron chi connectivity index (χ1n) is 8.57. The van der Waals surface area contributed by atoms with Crippen LogP contribution in [-0.4, -0.2) is 41.9 Å². The van der Waals surface area contributed by atoms with Crippen LogP contribution in [0, 0.1) is 6.92 Å². The molecule has 1 heterocycles. The lowest BCUT2D eigenvalue weighted by molar-refractivity contribution is -0.134. The summed E-state index contributed by atoms with van der Waals surface area (Å²) in [5, 5.41) is 7.28. The second-order valence-corrected chi connectivity index (χ2v) is 6.47. The number of nitrogens with zero attached hydrogens (tertiary/aromatic N) is 1. The molecule has 0 bridgehead atoms. The zero-order chi connectivity index (χ0) is 19.3. The average Bonchev–Trinajstić information content (AvgIpc) is 2.80. The van der Waals surface area contributed by atoms with E-state index in [1.165, 1.54) is 0 Å². The number of amides is 6. The highest BCUT2D eigenvalue weighted by Gasteiger charge is 2.49. The van der Waals surface area contributed by atoms with Crippen molar-refractivity contribution < 1.29 is 19.2 Å². The van der Waals surface area contributed by atoms with E-state index < -0.39 is 36.0 Å². The largest absolute Gasteiger partial charge is 0.338 e. The summed E-state index contributed by atoms with van der Waals surface area (Å²) in [6.45, 7) is 5.42. The third-order valence-corrected chi connectivity index (χ3v) is 4.27. The number of urea groups is 2. The highest BCUT2D eigenvalue weighted by Crippen LogP contribution is 2.28. The number of carbonyl (C=O) groups is 4. The Kier molecular flexibility index (Phi) is 5.97. The van der Waals surface area contributed by atoms with E-state index in [1.807, 2.05) is 26.0 Å². The number of aryl methyl sites for hydroxylation is 1. The minimum atomic E-state index is -1.24. The molecule has 3 N–H and O–H groups in total. The Morgan fingerprint density at radius 1 is 1.19 bits per heavy atom. The van der Waals surface area contributed by atoms with Crippen LogP contribution in [0.2, 0.25) is 0 Å². The third-order valence-electron chi connectivity index (χ3n) is 4.27. The van der Waals surface area contributed by atoms with Crippen molar-refractivity contribution in [2.24, 2.45) is 0 Å². The van der Waals surface area contributed by atoms with Gasteiger partial charge in [-0.2, -0.15) is 0 Å². The summed E-state index contributed by atoms with van der Waals surface area (Å²) in [5.74, 6) is -1.26. The average molecular weight is 360 g/mol. The van der Waals surface area contributed by atoms with Crippen LogP contribution in [0.5, 0.6) is 0 Å². The summed E-state index contributed by atoms with van der Waals surface area (Å²) in [6.07, 6.45) is 1.71. The molecule has 8 heteroatoms. The lowest BCUT2D eigenvalue weighted by atomic mass is 9.91. The lowest BCUT2D eigenvalue weighted by Crippen LogP contribution is -2.47. The van der Waals surface area contributed by atoms with Gasteiger partial charge in [-0.15, -0.1) is 0 Å². The van der Waals surface area contributed by atoms with Crippen LogP contribution < -0.4 is 16.0 Å². The highest BCUT2D eigenvalue weighted by molar-refractivity contribution is 6.10. The molecular formula is C18H24N4O4. The summed E-state index contributed by atoms with van der Waals surface area (Å²) >= 11 is 0. The van der Waals surface area contributed by atoms with Gasteiger partial charge in [0.05, 0.1) is 0 Å². The van der Waals surface area contributed by atoms with Crippen molar-refractivity contribution in [3.05, 3.63) is 35.4 Å². The second-order valence-electron chi connectivity index (χ2n) is 6.47. The highest BCUT2D eigenvalue weighted by atomic mass is 16.2. The molecule has 1 aliphatic heterocycles. The zero-order valence-corrected chi connectivity index (χ0v) is 15.2. The Bertz CT molecular complexity index is 716. The number of hydrogen-bond acceptors (Lipinski definition) is 4.